The molecule has 4 heteroatoms. The average molecular weight is 233 g/mol. The predicted octanol–water partition coefficient (Wildman–Crippen LogP) is 1.74. The van der Waals surface area contributed by atoms with Crippen molar-refractivity contribution in [2.45, 2.75) is 25.3 Å². The summed E-state index contributed by atoms with van der Waals surface area (Å²) >= 11 is 0. The molecule has 2 aliphatic rings. The summed E-state index contributed by atoms with van der Waals surface area (Å²) in [5.41, 5.74) is 2.19. The van der Waals surface area contributed by atoms with E-state index in [9.17, 15) is 4.79 Å². The highest BCUT2D eigenvalue weighted by Gasteiger charge is 2.26. The maximum atomic E-state index is 11.4. The van der Waals surface area contributed by atoms with Crippen molar-refractivity contribution in [2.75, 3.05) is 18.5 Å². The first-order valence-corrected chi connectivity index (χ1v) is 6.02. The van der Waals surface area contributed by atoms with Gasteiger partial charge in [0.05, 0.1) is 13.2 Å². The highest BCUT2D eigenvalue weighted by atomic mass is 16.5. The van der Waals surface area contributed by atoms with Crippen molar-refractivity contribution in [1.82, 2.24) is 0 Å². The summed E-state index contributed by atoms with van der Waals surface area (Å²) in [5.74, 6) is 0.815. The molecule has 1 aromatic carbocycles. The molecule has 17 heavy (non-hydrogen) atoms. The molecule has 0 aromatic heterocycles. The molecule has 1 saturated heterocycles. The summed E-state index contributed by atoms with van der Waals surface area (Å²) in [6.45, 7) is 1.32. The van der Waals surface area contributed by atoms with Gasteiger partial charge in [-0.25, -0.2) is 4.79 Å². The molecule has 1 fully saturated rings. The van der Waals surface area contributed by atoms with Crippen molar-refractivity contribution in [3.8, 4) is 5.75 Å². The third-order valence-corrected chi connectivity index (χ3v) is 3.18. The quantitative estimate of drug-likeness (QED) is 0.790. The molecule has 0 unspecified atom stereocenters. The monoisotopic (exact) mass is 233 g/mol. The molecule has 1 atom stereocenters. The van der Waals surface area contributed by atoms with Gasteiger partial charge < -0.3 is 14.8 Å². The lowest BCUT2D eigenvalue weighted by molar-refractivity contribution is -0.138. The number of aryl methyl sites for hydroxylation is 1. The van der Waals surface area contributed by atoms with Crippen LogP contribution in [-0.2, 0) is 16.0 Å². The Kier molecular flexibility index (Phi) is 2.63. The fourth-order valence-corrected chi connectivity index (χ4v) is 2.28. The number of benzene rings is 1. The number of hydrogen-bond donors (Lipinski definition) is 1. The minimum absolute atomic E-state index is 0.154. The van der Waals surface area contributed by atoms with E-state index in [4.69, 9.17) is 9.47 Å². The van der Waals surface area contributed by atoms with Crippen LogP contribution in [0.1, 0.15) is 18.4 Å². The molecule has 0 aliphatic carbocycles. The SMILES string of the molecule is O=C1OCC[C@H]1Nc1ccc2c(c1)CCCO2. The van der Waals surface area contributed by atoms with Crippen molar-refractivity contribution < 1.29 is 14.3 Å². The van der Waals surface area contributed by atoms with Crippen molar-refractivity contribution >= 4 is 11.7 Å². The second-order valence-corrected chi connectivity index (χ2v) is 4.43. The number of carbonyl (C=O) groups excluding carboxylic acids is 1. The number of cyclic esters (lactones) is 1. The van der Waals surface area contributed by atoms with E-state index in [0.29, 0.717) is 6.61 Å². The number of carbonyl (C=O) groups is 1. The van der Waals surface area contributed by atoms with Gasteiger partial charge in [-0.15, -0.1) is 0 Å². The Balaban J connectivity index is 1.77. The maximum absolute atomic E-state index is 11.4. The molecule has 0 saturated carbocycles. The molecule has 2 aliphatic heterocycles. The van der Waals surface area contributed by atoms with Crippen LogP contribution in [0.3, 0.4) is 0 Å². The number of rotatable bonds is 2. The Morgan fingerprint density at radius 2 is 2.18 bits per heavy atom. The van der Waals surface area contributed by atoms with Gasteiger partial charge in [0.2, 0.25) is 0 Å². The summed E-state index contributed by atoms with van der Waals surface area (Å²) in [4.78, 5) is 11.4. The smallest absolute Gasteiger partial charge is 0.328 e. The van der Waals surface area contributed by atoms with Gasteiger partial charge in [-0.2, -0.15) is 0 Å². The summed E-state index contributed by atoms with van der Waals surface area (Å²) in [6, 6.07) is 5.80. The zero-order valence-corrected chi connectivity index (χ0v) is 9.57. The first-order chi connectivity index (χ1) is 8.33. The second kappa shape index (κ2) is 4.28. The summed E-state index contributed by atoms with van der Waals surface area (Å²) in [7, 11) is 0. The Hall–Kier alpha value is -1.71. The highest BCUT2D eigenvalue weighted by Crippen LogP contribution is 2.28. The van der Waals surface area contributed by atoms with Gasteiger partial charge in [0, 0.05) is 12.1 Å². The first kappa shape index (κ1) is 10.4. The largest absolute Gasteiger partial charge is 0.493 e. The zero-order valence-electron chi connectivity index (χ0n) is 9.57. The van der Waals surface area contributed by atoms with Crippen molar-refractivity contribution in [2.24, 2.45) is 0 Å². The van der Waals surface area contributed by atoms with Crippen LogP contribution in [0.4, 0.5) is 5.69 Å². The van der Waals surface area contributed by atoms with Crippen LogP contribution < -0.4 is 10.1 Å². The molecular weight excluding hydrogens is 218 g/mol. The Morgan fingerprint density at radius 3 is 3.00 bits per heavy atom. The van der Waals surface area contributed by atoms with E-state index in [-0.39, 0.29) is 12.0 Å². The lowest BCUT2D eigenvalue weighted by Gasteiger charge is -2.19. The topological polar surface area (TPSA) is 47.6 Å². The normalized spacial score (nSPS) is 22.6. The number of esters is 1. The van der Waals surface area contributed by atoms with Crippen LogP contribution in [0.15, 0.2) is 18.2 Å². The molecule has 0 spiro atoms. The fraction of sp³-hybridized carbons (Fsp3) is 0.462. The van der Waals surface area contributed by atoms with Crippen LogP contribution >= 0.6 is 0 Å². The second-order valence-electron chi connectivity index (χ2n) is 4.43. The van der Waals surface area contributed by atoms with Gasteiger partial charge in [-0.05, 0) is 36.6 Å². The molecule has 1 N–H and O–H groups in total. The van der Waals surface area contributed by atoms with E-state index in [1.165, 1.54) is 5.56 Å². The molecule has 90 valence electrons. The standard InChI is InChI=1S/C13H15NO3/c15-13-11(5-7-17-13)14-10-3-4-12-9(8-10)2-1-6-16-12/h3-4,8,11,14H,1-2,5-7H2/t11-/m1/s1. The highest BCUT2D eigenvalue weighted by molar-refractivity contribution is 5.81. The van der Waals surface area contributed by atoms with E-state index >= 15 is 0 Å². The summed E-state index contributed by atoms with van der Waals surface area (Å²) in [5, 5.41) is 3.21. The minimum atomic E-state index is -0.197. The molecule has 0 bridgehead atoms. The van der Waals surface area contributed by atoms with E-state index in [2.05, 4.69) is 11.4 Å². The molecule has 3 rings (SSSR count). The zero-order chi connectivity index (χ0) is 11.7. The van der Waals surface area contributed by atoms with Gasteiger partial charge in [0.25, 0.3) is 0 Å². The Morgan fingerprint density at radius 1 is 1.24 bits per heavy atom. The minimum Gasteiger partial charge on any atom is -0.493 e. The summed E-state index contributed by atoms with van der Waals surface area (Å²) < 4.78 is 10.5. The molecule has 2 heterocycles. The maximum Gasteiger partial charge on any atom is 0.328 e. The van der Waals surface area contributed by atoms with Gasteiger partial charge in [0.1, 0.15) is 11.8 Å². The first-order valence-electron chi connectivity index (χ1n) is 6.02. The van der Waals surface area contributed by atoms with Crippen molar-refractivity contribution in [3.05, 3.63) is 23.8 Å². The molecule has 0 amide bonds. The van der Waals surface area contributed by atoms with Crippen LogP contribution in [0.5, 0.6) is 5.75 Å². The third-order valence-electron chi connectivity index (χ3n) is 3.18. The van der Waals surface area contributed by atoms with E-state index in [1.54, 1.807) is 0 Å². The number of ether oxygens (including phenoxy) is 2. The Labute approximate surface area is 99.9 Å². The van der Waals surface area contributed by atoms with Gasteiger partial charge in [-0.1, -0.05) is 0 Å². The number of anilines is 1. The van der Waals surface area contributed by atoms with Gasteiger partial charge in [0.15, 0.2) is 0 Å². The third kappa shape index (κ3) is 2.07. The molecule has 0 radical (unpaired) electrons. The summed E-state index contributed by atoms with van der Waals surface area (Å²) in [6.07, 6.45) is 2.84. The van der Waals surface area contributed by atoms with Gasteiger partial charge in [-0.3, -0.25) is 0 Å². The Bertz CT molecular complexity index is 444. The van der Waals surface area contributed by atoms with Crippen LogP contribution in [0, 0.1) is 0 Å². The number of fused-ring (bicyclic) bond motifs is 1. The average Bonchev–Trinajstić information content (AvgIpc) is 2.75. The van der Waals surface area contributed by atoms with Crippen LogP contribution in [-0.4, -0.2) is 25.2 Å². The van der Waals surface area contributed by atoms with Gasteiger partial charge >= 0.3 is 5.97 Å². The molecule has 4 nitrogen and oxygen atoms in total. The number of nitrogens with one attached hydrogen (secondary N) is 1. The lowest BCUT2D eigenvalue weighted by atomic mass is 10.1. The fourth-order valence-electron chi connectivity index (χ4n) is 2.28. The van der Waals surface area contributed by atoms with E-state index in [0.717, 1.165) is 37.3 Å². The van der Waals surface area contributed by atoms with Crippen LogP contribution in [0.25, 0.3) is 0 Å². The van der Waals surface area contributed by atoms with Crippen molar-refractivity contribution in [3.63, 3.8) is 0 Å². The van der Waals surface area contributed by atoms with Crippen molar-refractivity contribution in [1.29, 1.82) is 0 Å². The molecular formula is C13H15NO3. The van der Waals surface area contributed by atoms with E-state index < -0.39 is 0 Å². The van der Waals surface area contributed by atoms with E-state index in [1.807, 2.05) is 12.1 Å². The molecule has 1 aromatic rings. The number of hydrogen-bond acceptors (Lipinski definition) is 4. The predicted molar refractivity (Wildman–Crippen MR) is 63.2 cm³/mol. The lowest BCUT2D eigenvalue weighted by Crippen LogP contribution is -2.24. The van der Waals surface area contributed by atoms with Crippen LogP contribution in [0.2, 0.25) is 0 Å².